The Kier molecular flexibility index (Phi) is 4.36. The fourth-order valence-corrected chi connectivity index (χ4v) is 3.05. The number of rotatable bonds is 4. The topological polar surface area (TPSA) is 102 Å². The minimum absolute atomic E-state index is 0.0369. The SMILES string of the molecule is NC(=O)c1ccc(Cl)c(NS(=O)(=O)c2ccnc(Cl)c2)c1. The fraction of sp³-hybridized carbons (Fsp3) is 0. The average molecular weight is 346 g/mol. The van der Waals surface area contributed by atoms with Crippen molar-refractivity contribution in [3.8, 4) is 0 Å². The molecule has 0 unspecified atom stereocenters. The second kappa shape index (κ2) is 5.88. The molecule has 0 aliphatic heterocycles. The number of aromatic nitrogens is 1. The van der Waals surface area contributed by atoms with Gasteiger partial charge < -0.3 is 5.73 Å². The Morgan fingerprint density at radius 3 is 2.52 bits per heavy atom. The van der Waals surface area contributed by atoms with E-state index in [1.165, 1.54) is 36.5 Å². The molecule has 1 heterocycles. The summed E-state index contributed by atoms with van der Waals surface area (Å²) in [5.41, 5.74) is 5.31. The van der Waals surface area contributed by atoms with Gasteiger partial charge >= 0.3 is 0 Å². The summed E-state index contributed by atoms with van der Waals surface area (Å²) in [6, 6.07) is 6.49. The number of anilines is 1. The van der Waals surface area contributed by atoms with Crippen LogP contribution in [0.25, 0.3) is 0 Å². The fourth-order valence-electron chi connectivity index (χ4n) is 1.51. The third-order valence-electron chi connectivity index (χ3n) is 2.50. The van der Waals surface area contributed by atoms with E-state index in [0.717, 1.165) is 0 Å². The minimum atomic E-state index is -3.91. The highest BCUT2D eigenvalue weighted by atomic mass is 35.5. The Hall–Kier alpha value is -1.83. The van der Waals surface area contributed by atoms with Gasteiger partial charge in [0.15, 0.2) is 0 Å². The first-order valence-electron chi connectivity index (χ1n) is 5.53. The van der Waals surface area contributed by atoms with E-state index in [9.17, 15) is 13.2 Å². The number of halogens is 2. The maximum Gasteiger partial charge on any atom is 0.262 e. The van der Waals surface area contributed by atoms with Crippen LogP contribution in [0, 0.1) is 0 Å². The van der Waals surface area contributed by atoms with E-state index in [0.29, 0.717) is 0 Å². The monoisotopic (exact) mass is 345 g/mol. The molecule has 21 heavy (non-hydrogen) atoms. The summed E-state index contributed by atoms with van der Waals surface area (Å²) < 4.78 is 26.7. The molecule has 9 heteroatoms. The van der Waals surface area contributed by atoms with Gasteiger partial charge in [-0.1, -0.05) is 23.2 Å². The number of amides is 1. The number of nitrogens with one attached hydrogen (secondary N) is 1. The molecule has 1 aromatic heterocycles. The van der Waals surface area contributed by atoms with Gasteiger partial charge in [0.25, 0.3) is 10.0 Å². The number of benzene rings is 1. The highest BCUT2D eigenvalue weighted by Crippen LogP contribution is 2.26. The van der Waals surface area contributed by atoms with Gasteiger partial charge in [-0.15, -0.1) is 0 Å². The lowest BCUT2D eigenvalue weighted by molar-refractivity contribution is 0.100. The molecule has 0 spiro atoms. The van der Waals surface area contributed by atoms with Crippen molar-refractivity contribution >= 4 is 44.8 Å². The molecule has 1 amide bonds. The first-order chi connectivity index (χ1) is 9.79. The van der Waals surface area contributed by atoms with Crippen LogP contribution in [0.4, 0.5) is 5.69 Å². The Labute approximate surface area is 130 Å². The lowest BCUT2D eigenvalue weighted by Crippen LogP contribution is -2.15. The molecule has 2 aromatic rings. The lowest BCUT2D eigenvalue weighted by atomic mass is 10.2. The van der Waals surface area contributed by atoms with Crippen LogP contribution in [-0.2, 0) is 10.0 Å². The first kappa shape index (κ1) is 15.6. The summed E-state index contributed by atoms with van der Waals surface area (Å²) in [5.74, 6) is -0.695. The number of sulfonamides is 1. The van der Waals surface area contributed by atoms with E-state index < -0.39 is 15.9 Å². The summed E-state index contributed by atoms with van der Waals surface area (Å²) in [6.45, 7) is 0. The van der Waals surface area contributed by atoms with Crippen molar-refractivity contribution in [1.29, 1.82) is 0 Å². The highest BCUT2D eigenvalue weighted by Gasteiger charge is 2.17. The van der Waals surface area contributed by atoms with Gasteiger partial charge in [-0.2, -0.15) is 0 Å². The van der Waals surface area contributed by atoms with Crippen LogP contribution in [0.5, 0.6) is 0 Å². The molecule has 0 atom stereocenters. The highest BCUT2D eigenvalue weighted by molar-refractivity contribution is 7.92. The second-order valence-corrected chi connectivity index (χ2v) is 6.46. The number of pyridine rings is 1. The predicted molar refractivity (Wildman–Crippen MR) is 80.0 cm³/mol. The normalized spacial score (nSPS) is 11.1. The van der Waals surface area contributed by atoms with Gasteiger partial charge in [-0.3, -0.25) is 9.52 Å². The second-order valence-electron chi connectivity index (χ2n) is 3.98. The van der Waals surface area contributed by atoms with Crippen molar-refractivity contribution in [3.63, 3.8) is 0 Å². The lowest BCUT2D eigenvalue weighted by Gasteiger charge is -2.10. The van der Waals surface area contributed by atoms with Crippen molar-refractivity contribution in [2.45, 2.75) is 4.90 Å². The molecular weight excluding hydrogens is 337 g/mol. The molecule has 0 saturated carbocycles. The summed E-state index contributed by atoms with van der Waals surface area (Å²) in [4.78, 5) is 14.7. The Morgan fingerprint density at radius 2 is 1.90 bits per heavy atom. The van der Waals surface area contributed by atoms with Crippen LogP contribution in [0.3, 0.4) is 0 Å². The number of nitrogens with zero attached hydrogens (tertiary/aromatic N) is 1. The van der Waals surface area contributed by atoms with Crippen LogP contribution in [-0.4, -0.2) is 19.3 Å². The zero-order valence-corrected chi connectivity index (χ0v) is 12.7. The number of hydrogen-bond donors (Lipinski definition) is 2. The van der Waals surface area contributed by atoms with Crippen LogP contribution in [0.2, 0.25) is 10.2 Å². The van der Waals surface area contributed by atoms with Gasteiger partial charge in [0.1, 0.15) is 5.15 Å². The van der Waals surface area contributed by atoms with Crippen molar-refractivity contribution in [2.75, 3.05) is 4.72 Å². The molecule has 0 bridgehead atoms. The third kappa shape index (κ3) is 3.63. The number of nitrogens with two attached hydrogens (primary N) is 1. The zero-order chi connectivity index (χ0) is 15.6. The van der Waals surface area contributed by atoms with Gasteiger partial charge in [-0.05, 0) is 30.3 Å². The van der Waals surface area contributed by atoms with Crippen LogP contribution in [0.1, 0.15) is 10.4 Å². The zero-order valence-electron chi connectivity index (χ0n) is 10.4. The quantitative estimate of drug-likeness (QED) is 0.829. The smallest absolute Gasteiger partial charge is 0.262 e. The third-order valence-corrected chi connectivity index (χ3v) is 4.40. The van der Waals surface area contributed by atoms with Gasteiger partial charge in [0.2, 0.25) is 5.91 Å². The summed E-state index contributed by atoms with van der Waals surface area (Å²) in [7, 11) is -3.91. The van der Waals surface area contributed by atoms with Crippen molar-refractivity contribution in [3.05, 3.63) is 52.3 Å². The molecule has 110 valence electrons. The van der Waals surface area contributed by atoms with E-state index >= 15 is 0 Å². The maximum atomic E-state index is 12.2. The van der Waals surface area contributed by atoms with Crippen LogP contribution in [0.15, 0.2) is 41.4 Å². The molecule has 2 rings (SSSR count). The predicted octanol–water partition coefficient (Wildman–Crippen LogP) is 2.29. The minimum Gasteiger partial charge on any atom is -0.366 e. The molecule has 3 N–H and O–H groups in total. The molecule has 0 radical (unpaired) electrons. The van der Waals surface area contributed by atoms with E-state index in [-0.39, 0.29) is 26.3 Å². The van der Waals surface area contributed by atoms with Gasteiger partial charge in [0, 0.05) is 11.8 Å². The average Bonchev–Trinajstić information content (AvgIpc) is 2.41. The van der Waals surface area contributed by atoms with Crippen molar-refractivity contribution in [2.24, 2.45) is 5.73 Å². The summed E-state index contributed by atoms with van der Waals surface area (Å²) in [6.07, 6.45) is 1.26. The molecule has 0 aliphatic rings. The van der Waals surface area contributed by atoms with E-state index in [1.54, 1.807) is 0 Å². The number of carbonyl (C=O) groups is 1. The van der Waals surface area contributed by atoms with E-state index in [1.807, 2.05) is 0 Å². The first-order valence-corrected chi connectivity index (χ1v) is 7.77. The van der Waals surface area contributed by atoms with Crippen molar-refractivity contribution in [1.82, 2.24) is 4.98 Å². The van der Waals surface area contributed by atoms with E-state index in [2.05, 4.69) is 9.71 Å². The van der Waals surface area contributed by atoms with Crippen LogP contribution >= 0.6 is 23.2 Å². The van der Waals surface area contributed by atoms with Crippen LogP contribution < -0.4 is 10.5 Å². The molecule has 0 aliphatic carbocycles. The standard InChI is InChI=1S/C12H9Cl2N3O3S/c13-9-2-1-7(12(15)18)5-10(9)17-21(19,20)8-3-4-16-11(14)6-8/h1-6,17H,(H2,15,18). The summed E-state index contributed by atoms with van der Waals surface area (Å²) >= 11 is 11.6. The number of hydrogen-bond acceptors (Lipinski definition) is 4. The largest absolute Gasteiger partial charge is 0.366 e. The molecule has 0 saturated heterocycles. The number of primary amides is 1. The van der Waals surface area contributed by atoms with E-state index in [4.69, 9.17) is 28.9 Å². The van der Waals surface area contributed by atoms with Gasteiger partial charge in [0.05, 0.1) is 15.6 Å². The maximum absolute atomic E-state index is 12.2. The molecule has 0 fully saturated rings. The Balaban J connectivity index is 2.41. The molecule has 1 aromatic carbocycles. The Bertz CT molecular complexity index is 809. The number of carbonyl (C=O) groups excluding carboxylic acids is 1. The Morgan fingerprint density at radius 1 is 1.19 bits per heavy atom. The van der Waals surface area contributed by atoms with Gasteiger partial charge in [-0.25, -0.2) is 13.4 Å². The summed E-state index contributed by atoms with van der Waals surface area (Å²) in [5, 5.41) is 0.165. The molecular formula is C12H9Cl2N3O3S. The molecule has 6 nitrogen and oxygen atoms in total. The van der Waals surface area contributed by atoms with Crippen molar-refractivity contribution < 1.29 is 13.2 Å².